The van der Waals surface area contributed by atoms with Crippen molar-refractivity contribution >= 4 is 0 Å². The van der Waals surface area contributed by atoms with E-state index < -0.39 is 0 Å². The molecule has 0 aliphatic carbocycles. The highest BCUT2D eigenvalue weighted by Gasteiger charge is 2.41. The van der Waals surface area contributed by atoms with Gasteiger partial charge in [-0.05, 0) is 33.6 Å². The lowest BCUT2D eigenvalue weighted by Crippen LogP contribution is -2.38. The molecule has 2 aliphatic heterocycles. The zero-order chi connectivity index (χ0) is 17.7. The Balaban J connectivity index is 1.65. The normalized spacial score (nSPS) is 22.6. The fraction of sp³-hybridized carbons (Fsp3) is 0.650. The van der Waals surface area contributed by atoms with Gasteiger partial charge in [0.05, 0.1) is 11.4 Å². The molecule has 2 aliphatic rings. The lowest BCUT2D eigenvalue weighted by molar-refractivity contribution is 0.165. The van der Waals surface area contributed by atoms with E-state index in [1.165, 1.54) is 41.1 Å². The first-order valence-corrected chi connectivity index (χ1v) is 9.63. The molecular weight excluding hydrogens is 310 g/mol. The van der Waals surface area contributed by atoms with Crippen molar-refractivity contribution in [2.24, 2.45) is 0 Å². The summed E-state index contributed by atoms with van der Waals surface area (Å²) in [5.41, 5.74) is 6.55. The second-order valence-electron chi connectivity index (χ2n) is 7.87. The zero-order valence-corrected chi connectivity index (χ0v) is 16.1. The van der Waals surface area contributed by atoms with E-state index in [1.807, 2.05) is 0 Å². The molecule has 0 spiro atoms. The monoisotopic (exact) mass is 339 g/mol. The van der Waals surface area contributed by atoms with Crippen molar-refractivity contribution in [1.82, 2.24) is 24.6 Å². The van der Waals surface area contributed by atoms with Crippen LogP contribution in [0.15, 0.2) is 6.20 Å². The Morgan fingerprint density at radius 2 is 2.04 bits per heavy atom. The summed E-state index contributed by atoms with van der Waals surface area (Å²) in [5.74, 6) is 1.38. The van der Waals surface area contributed by atoms with Gasteiger partial charge in [0.2, 0.25) is 0 Å². The minimum atomic E-state index is 0.395. The second kappa shape index (κ2) is 6.20. The number of hydrogen-bond donors (Lipinski definition) is 0. The third kappa shape index (κ3) is 2.69. The number of hydrogen-bond acceptors (Lipinski definition) is 4. The van der Waals surface area contributed by atoms with Crippen molar-refractivity contribution in [3.63, 3.8) is 0 Å². The Labute approximate surface area is 150 Å². The standard InChI is InChI=1S/C20H29N5/c1-6-25-14(5)17(13(4)23-25)11-24-15-7-8-19(24)16-10-21-20(12(2)3)22-18(16)9-15/h10,12,15,19H,6-9,11H2,1-5H3/t15-,19-/m0/s1. The third-order valence-electron chi connectivity index (χ3n) is 6.04. The van der Waals surface area contributed by atoms with E-state index in [0.717, 1.165) is 25.3 Å². The van der Waals surface area contributed by atoms with Crippen molar-refractivity contribution in [1.29, 1.82) is 0 Å². The molecule has 1 fully saturated rings. The van der Waals surface area contributed by atoms with E-state index in [0.29, 0.717) is 18.0 Å². The number of aryl methyl sites for hydroxylation is 2. The van der Waals surface area contributed by atoms with Gasteiger partial charge in [0.15, 0.2) is 0 Å². The quantitative estimate of drug-likeness (QED) is 0.852. The summed E-state index contributed by atoms with van der Waals surface area (Å²) in [6.45, 7) is 12.8. The molecule has 0 radical (unpaired) electrons. The molecule has 0 N–H and O–H groups in total. The van der Waals surface area contributed by atoms with E-state index in [2.05, 4.69) is 55.4 Å². The SMILES string of the molecule is CCn1nc(C)c(CN2[C@H]3CC[C@H]2c2cnc(C(C)C)nc2C3)c1C. The molecule has 1 saturated heterocycles. The Hall–Kier alpha value is -1.75. The van der Waals surface area contributed by atoms with Crippen LogP contribution in [0.3, 0.4) is 0 Å². The lowest BCUT2D eigenvalue weighted by Gasteiger charge is -2.35. The van der Waals surface area contributed by atoms with Crippen molar-refractivity contribution in [3.05, 3.63) is 40.2 Å². The highest BCUT2D eigenvalue weighted by atomic mass is 15.3. The van der Waals surface area contributed by atoms with Crippen LogP contribution in [-0.2, 0) is 19.5 Å². The first-order chi connectivity index (χ1) is 12.0. The molecule has 0 amide bonds. The molecule has 5 heteroatoms. The minimum Gasteiger partial charge on any atom is -0.288 e. The van der Waals surface area contributed by atoms with Crippen LogP contribution >= 0.6 is 0 Å². The topological polar surface area (TPSA) is 46.8 Å². The predicted octanol–water partition coefficient (Wildman–Crippen LogP) is 3.70. The molecule has 2 aromatic heterocycles. The van der Waals surface area contributed by atoms with E-state index in [4.69, 9.17) is 10.1 Å². The smallest absolute Gasteiger partial charge is 0.131 e. The van der Waals surface area contributed by atoms with Gasteiger partial charge in [-0.2, -0.15) is 5.10 Å². The fourth-order valence-electron chi connectivity index (χ4n) is 4.57. The van der Waals surface area contributed by atoms with Crippen LogP contribution in [0, 0.1) is 13.8 Å². The van der Waals surface area contributed by atoms with Crippen LogP contribution < -0.4 is 0 Å². The average molecular weight is 339 g/mol. The maximum absolute atomic E-state index is 4.89. The second-order valence-corrected chi connectivity index (χ2v) is 7.87. The van der Waals surface area contributed by atoms with Crippen LogP contribution in [0.5, 0.6) is 0 Å². The molecular formula is C20H29N5. The largest absolute Gasteiger partial charge is 0.288 e. The van der Waals surface area contributed by atoms with Gasteiger partial charge < -0.3 is 0 Å². The van der Waals surface area contributed by atoms with Crippen LogP contribution in [0.1, 0.15) is 79.6 Å². The summed E-state index contributed by atoms with van der Waals surface area (Å²) in [6.07, 6.45) is 5.65. The summed E-state index contributed by atoms with van der Waals surface area (Å²) in [7, 11) is 0. The lowest BCUT2D eigenvalue weighted by atomic mass is 9.97. The van der Waals surface area contributed by atoms with Crippen LogP contribution in [0.25, 0.3) is 0 Å². The van der Waals surface area contributed by atoms with Gasteiger partial charge >= 0.3 is 0 Å². The van der Waals surface area contributed by atoms with Gasteiger partial charge in [-0.15, -0.1) is 0 Å². The molecule has 25 heavy (non-hydrogen) atoms. The van der Waals surface area contributed by atoms with E-state index in [1.54, 1.807) is 0 Å². The molecule has 2 bridgehead atoms. The maximum atomic E-state index is 4.89. The van der Waals surface area contributed by atoms with Crippen LogP contribution in [-0.4, -0.2) is 30.7 Å². The number of aromatic nitrogens is 4. The van der Waals surface area contributed by atoms with Crippen molar-refractivity contribution < 1.29 is 0 Å². The Morgan fingerprint density at radius 1 is 1.24 bits per heavy atom. The van der Waals surface area contributed by atoms with Gasteiger partial charge in [-0.3, -0.25) is 9.58 Å². The number of nitrogens with zero attached hydrogens (tertiary/aromatic N) is 5. The van der Waals surface area contributed by atoms with Crippen LogP contribution in [0.2, 0.25) is 0 Å². The molecule has 2 atom stereocenters. The van der Waals surface area contributed by atoms with Gasteiger partial charge in [0.25, 0.3) is 0 Å². The Kier molecular flexibility index (Phi) is 4.14. The molecule has 134 valence electrons. The molecule has 0 aromatic carbocycles. The molecule has 5 nitrogen and oxygen atoms in total. The average Bonchev–Trinajstić information content (AvgIpc) is 3.03. The summed E-state index contributed by atoms with van der Waals surface area (Å²) in [4.78, 5) is 12.2. The van der Waals surface area contributed by atoms with Crippen molar-refractivity contribution in [2.75, 3.05) is 0 Å². The summed E-state index contributed by atoms with van der Waals surface area (Å²) in [5, 5.41) is 4.71. The number of rotatable bonds is 4. The number of fused-ring (bicyclic) bond motifs is 4. The van der Waals surface area contributed by atoms with Crippen molar-refractivity contribution in [3.8, 4) is 0 Å². The fourth-order valence-corrected chi connectivity index (χ4v) is 4.57. The first-order valence-electron chi connectivity index (χ1n) is 9.63. The Bertz CT molecular complexity index is 792. The third-order valence-corrected chi connectivity index (χ3v) is 6.04. The van der Waals surface area contributed by atoms with Gasteiger partial charge in [0, 0.05) is 60.5 Å². The highest BCUT2D eigenvalue weighted by molar-refractivity contribution is 5.31. The summed E-state index contributed by atoms with van der Waals surface area (Å²) < 4.78 is 2.13. The van der Waals surface area contributed by atoms with Crippen LogP contribution in [0.4, 0.5) is 0 Å². The predicted molar refractivity (Wildman–Crippen MR) is 98.5 cm³/mol. The molecule has 4 heterocycles. The maximum Gasteiger partial charge on any atom is 0.131 e. The van der Waals surface area contributed by atoms with Gasteiger partial charge in [0.1, 0.15) is 5.82 Å². The first kappa shape index (κ1) is 16.7. The van der Waals surface area contributed by atoms with E-state index in [-0.39, 0.29) is 0 Å². The Morgan fingerprint density at radius 3 is 2.72 bits per heavy atom. The zero-order valence-electron chi connectivity index (χ0n) is 16.1. The van der Waals surface area contributed by atoms with Gasteiger partial charge in [-0.1, -0.05) is 13.8 Å². The summed E-state index contributed by atoms with van der Waals surface area (Å²) >= 11 is 0. The highest BCUT2D eigenvalue weighted by Crippen LogP contribution is 2.44. The van der Waals surface area contributed by atoms with Gasteiger partial charge in [-0.25, -0.2) is 9.97 Å². The van der Waals surface area contributed by atoms with E-state index >= 15 is 0 Å². The van der Waals surface area contributed by atoms with Crippen molar-refractivity contribution in [2.45, 2.75) is 85.0 Å². The summed E-state index contributed by atoms with van der Waals surface area (Å²) in [6, 6.07) is 1.08. The molecule has 2 aromatic rings. The minimum absolute atomic E-state index is 0.395. The molecule has 0 saturated carbocycles. The molecule has 0 unspecified atom stereocenters. The molecule has 4 rings (SSSR count). The van der Waals surface area contributed by atoms with E-state index in [9.17, 15) is 0 Å².